The van der Waals surface area contributed by atoms with E-state index in [1.165, 1.54) is 36.4 Å². The van der Waals surface area contributed by atoms with E-state index in [2.05, 4.69) is 0 Å². The second-order valence-corrected chi connectivity index (χ2v) is 14.1. The smallest absolute Gasteiger partial charge is 0.282 e. The second kappa shape index (κ2) is 10.2. The van der Waals surface area contributed by atoms with Gasteiger partial charge in [0.05, 0.1) is 14.7 Å². The lowest BCUT2D eigenvalue weighted by Gasteiger charge is -2.19. The molecule has 3 aromatic carbocycles. The molecular weight excluding hydrogens is 523 g/mol. The highest BCUT2D eigenvalue weighted by molar-refractivity contribution is 7.86. The lowest BCUT2D eigenvalue weighted by atomic mass is 10.2. The van der Waals surface area contributed by atoms with Gasteiger partial charge in [-0.1, -0.05) is 44.3 Å². The van der Waals surface area contributed by atoms with Crippen LogP contribution in [0, 0.1) is 0 Å². The Bertz CT molecular complexity index is 1280. The minimum Gasteiger partial charge on any atom is -0.282 e. The molecule has 0 amide bonds. The molecule has 13 heteroatoms. The largest absolute Gasteiger partial charge is 0.294 e. The van der Waals surface area contributed by atoms with Crippen molar-refractivity contribution in [2.45, 2.75) is 33.2 Å². The molecule has 9 nitrogen and oxygen atoms in total. The molecule has 0 unspecified atom stereocenters. The lowest BCUT2D eigenvalue weighted by Crippen LogP contribution is -2.00. The van der Waals surface area contributed by atoms with Crippen LogP contribution in [0.2, 0.25) is 0 Å². The Morgan fingerprint density at radius 2 is 0.647 bits per heavy atom. The summed E-state index contributed by atoms with van der Waals surface area (Å²) >= 11 is 0. The van der Waals surface area contributed by atoms with Crippen LogP contribution in [-0.2, 0) is 48.8 Å². The van der Waals surface area contributed by atoms with Gasteiger partial charge in [0, 0.05) is 0 Å². The third-order valence-electron chi connectivity index (χ3n) is 4.88. The summed E-state index contributed by atoms with van der Waals surface area (Å²) in [6.45, 7) is 0. The zero-order valence-electron chi connectivity index (χ0n) is 17.5. The van der Waals surface area contributed by atoms with Crippen molar-refractivity contribution in [3.05, 3.63) is 89.5 Å². The third kappa shape index (κ3) is 7.41. The number of hydrogen-bond acceptors (Lipinski definition) is 6. The molecule has 3 aromatic rings. The summed E-state index contributed by atoms with van der Waals surface area (Å²) in [5.41, 5.74) is 2.47. The molecular formula is C21H21O9PS3. The maximum absolute atomic E-state index is 11.3. The fourth-order valence-corrected chi connectivity index (χ4v) is 7.20. The van der Waals surface area contributed by atoms with Gasteiger partial charge >= 0.3 is 0 Å². The van der Waals surface area contributed by atoms with Gasteiger partial charge in [-0.2, -0.15) is 25.3 Å². The minimum absolute atomic E-state index is 0.220. The predicted octanol–water partition coefficient (Wildman–Crippen LogP) is 3.81. The fraction of sp³-hybridized carbons (Fsp3) is 0.143. The third-order valence-corrected chi connectivity index (χ3v) is 9.92. The van der Waals surface area contributed by atoms with Crippen LogP contribution in [-0.4, -0.2) is 38.9 Å². The van der Waals surface area contributed by atoms with E-state index < -0.39 is 38.3 Å². The Kier molecular flexibility index (Phi) is 7.93. The van der Waals surface area contributed by atoms with Crippen LogP contribution in [0.5, 0.6) is 0 Å². The summed E-state index contributed by atoms with van der Waals surface area (Å²) in [6.07, 6.45) is 1.67. The molecule has 0 atom stereocenters. The standard InChI is InChI=1S/C21H21O9PS3/c22-32(23,24)19-7-1-16(2-8-19)13-31(14-17-3-9-20(10-4-17)33(25,26)27)15-18-5-11-21(12-6-18)34(28,29)30/h1-12H,13-15H2,(H,22,23,24)(H,25,26,27)(H,28,29,30). The molecule has 0 spiro atoms. The van der Waals surface area contributed by atoms with Gasteiger partial charge in [0.15, 0.2) is 0 Å². The highest BCUT2D eigenvalue weighted by Gasteiger charge is 2.16. The van der Waals surface area contributed by atoms with E-state index in [1.807, 2.05) is 0 Å². The zero-order chi connectivity index (χ0) is 25.1. The Balaban J connectivity index is 1.86. The first-order chi connectivity index (χ1) is 15.7. The highest BCUT2D eigenvalue weighted by Crippen LogP contribution is 2.46. The molecule has 0 aliphatic rings. The number of benzene rings is 3. The van der Waals surface area contributed by atoms with E-state index in [1.54, 1.807) is 36.4 Å². The molecule has 0 heterocycles. The summed E-state index contributed by atoms with van der Waals surface area (Å²) in [5, 5.41) is 0. The summed E-state index contributed by atoms with van der Waals surface area (Å²) < 4.78 is 95.2. The number of rotatable bonds is 9. The average Bonchev–Trinajstić information content (AvgIpc) is 2.73. The van der Waals surface area contributed by atoms with Crippen molar-refractivity contribution in [2.75, 3.05) is 0 Å². The molecule has 0 aromatic heterocycles. The topological polar surface area (TPSA) is 163 Å². The first kappa shape index (κ1) is 26.4. The highest BCUT2D eigenvalue weighted by atomic mass is 32.2. The lowest BCUT2D eigenvalue weighted by molar-refractivity contribution is 0.481. The van der Waals surface area contributed by atoms with Gasteiger partial charge in [-0.15, -0.1) is 0 Å². The van der Waals surface area contributed by atoms with E-state index >= 15 is 0 Å². The maximum atomic E-state index is 11.3. The molecule has 34 heavy (non-hydrogen) atoms. The van der Waals surface area contributed by atoms with Crippen LogP contribution in [0.25, 0.3) is 0 Å². The molecule has 182 valence electrons. The van der Waals surface area contributed by atoms with Crippen molar-refractivity contribution in [1.29, 1.82) is 0 Å². The van der Waals surface area contributed by atoms with Gasteiger partial charge in [0.1, 0.15) is 0 Å². The molecule has 0 aliphatic heterocycles. The Morgan fingerprint density at radius 3 is 0.824 bits per heavy atom. The van der Waals surface area contributed by atoms with Gasteiger partial charge in [-0.25, -0.2) is 0 Å². The van der Waals surface area contributed by atoms with E-state index in [4.69, 9.17) is 13.7 Å². The monoisotopic (exact) mass is 544 g/mol. The molecule has 0 radical (unpaired) electrons. The summed E-state index contributed by atoms with van der Waals surface area (Å²) in [4.78, 5) is -0.661. The molecule has 3 N–H and O–H groups in total. The van der Waals surface area contributed by atoms with Crippen LogP contribution in [0.3, 0.4) is 0 Å². The first-order valence-electron chi connectivity index (χ1n) is 9.63. The summed E-state index contributed by atoms with van der Waals surface area (Å²) in [6, 6.07) is 17.4. The van der Waals surface area contributed by atoms with Crippen molar-refractivity contribution >= 4 is 38.3 Å². The van der Waals surface area contributed by atoms with Gasteiger partial charge in [-0.3, -0.25) is 13.7 Å². The van der Waals surface area contributed by atoms with Crippen molar-refractivity contribution in [3.8, 4) is 0 Å². The Morgan fingerprint density at radius 1 is 0.441 bits per heavy atom. The predicted molar refractivity (Wildman–Crippen MR) is 127 cm³/mol. The molecule has 3 rings (SSSR count). The van der Waals surface area contributed by atoms with Crippen LogP contribution in [0.15, 0.2) is 87.5 Å². The van der Waals surface area contributed by atoms with E-state index in [-0.39, 0.29) is 14.7 Å². The van der Waals surface area contributed by atoms with Gasteiger partial charge in [0.25, 0.3) is 30.4 Å². The summed E-state index contributed by atoms with van der Waals surface area (Å²) in [7, 11) is -13.8. The van der Waals surface area contributed by atoms with Crippen LogP contribution < -0.4 is 0 Å². The van der Waals surface area contributed by atoms with Crippen LogP contribution in [0.4, 0.5) is 0 Å². The van der Waals surface area contributed by atoms with Crippen molar-refractivity contribution in [3.63, 3.8) is 0 Å². The van der Waals surface area contributed by atoms with Crippen LogP contribution >= 0.6 is 7.92 Å². The maximum Gasteiger partial charge on any atom is 0.294 e. The van der Waals surface area contributed by atoms with Crippen molar-refractivity contribution in [2.24, 2.45) is 0 Å². The SMILES string of the molecule is O=S(=O)(O)c1ccc(CP(Cc2ccc(S(=O)(=O)O)cc2)Cc2ccc(S(=O)(=O)O)cc2)cc1. The average molecular weight is 545 g/mol. The second-order valence-electron chi connectivity index (χ2n) is 7.50. The molecule has 0 saturated carbocycles. The quantitative estimate of drug-likeness (QED) is 0.268. The Hall–Kier alpha value is -2.18. The van der Waals surface area contributed by atoms with Gasteiger partial charge in [0.2, 0.25) is 0 Å². The number of hydrogen-bond donors (Lipinski definition) is 3. The minimum atomic E-state index is -4.31. The summed E-state index contributed by atoms with van der Waals surface area (Å²) in [5.74, 6) is 0. The van der Waals surface area contributed by atoms with E-state index in [0.29, 0.717) is 18.5 Å². The van der Waals surface area contributed by atoms with Crippen molar-refractivity contribution in [1.82, 2.24) is 0 Å². The van der Waals surface area contributed by atoms with Gasteiger partial charge < -0.3 is 0 Å². The first-order valence-corrected chi connectivity index (χ1v) is 15.9. The van der Waals surface area contributed by atoms with Gasteiger partial charge in [-0.05, 0) is 71.6 Å². The zero-order valence-corrected chi connectivity index (χ0v) is 20.9. The van der Waals surface area contributed by atoms with E-state index in [0.717, 1.165) is 16.7 Å². The van der Waals surface area contributed by atoms with Crippen LogP contribution in [0.1, 0.15) is 16.7 Å². The molecule has 0 fully saturated rings. The Labute approximate surface area is 199 Å². The van der Waals surface area contributed by atoms with Crippen molar-refractivity contribution < 1.29 is 38.9 Å². The normalized spacial score (nSPS) is 12.7. The van der Waals surface area contributed by atoms with E-state index in [9.17, 15) is 25.3 Å². The molecule has 0 saturated heterocycles. The molecule has 0 aliphatic carbocycles. The molecule has 0 bridgehead atoms. The fourth-order valence-electron chi connectivity index (χ4n) is 3.24.